The molecule has 1 aromatic heterocycles. The van der Waals surface area contributed by atoms with E-state index in [0.29, 0.717) is 12.2 Å². The van der Waals surface area contributed by atoms with Crippen molar-refractivity contribution in [3.8, 4) is 11.4 Å². The van der Waals surface area contributed by atoms with Crippen LogP contribution in [0.4, 0.5) is 0 Å². The molecule has 0 spiro atoms. The number of hydrogen-bond donors (Lipinski definition) is 2. The zero-order valence-corrected chi connectivity index (χ0v) is 10.1. The van der Waals surface area contributed by atoms with Crippen LogP contribution in [0, 0.1) is 0 Å². The summed E-state index contributed by atoms with van der Waals surface area (Å²) in [6.07, 6.45) is 1.14. The van der Waals surface area contributed by atoms with Gasteiger partial charge in [0.2, 0.25) is 11.7 Å². The van der Waals surface area contributed by atoms with Gasteiger partial charge in [-0.25, -0.2) is 0 Å². The van der Waals surface area contributed by atoms with E-state index in [1.54, 1.807) is 0 Å². The Morgan fingerprint density at radius 3 is 3.00 bits per heavy atom. The summed E-state index contributed by atoms with van der Waals surface area (Å²) in [7, 11) is 0. The molecule has 2 aromatic rings. The van der Waals surface area contributed by atoms with Gasteiger partial charge >= 0.3 is 0 Å². The molecule has 1 atom stereocenters. The molecule has 1 heterocycles. The van der Waals surface area contributed by atoms with E-state index in [2.05, 4.69) is 27.5 Å². The summed E-state index contributed by atoms with van der Waals surface area (Å²) in [5.74, 6) is 0.569. The highest BCUT2D eigenvalue weighted by Crippen LogP contribution is 2.24. The van der Waals surface area contributed by atoms with Crippen molar-refractivity contribution in [2.75, 3.05) is 0 Å². The predicted octanol–water partition coefficient (Wildman–Crippen LogP) is 1.24. The number of carbonyl (C=O) groups is 1. The van der Waals surface area contributed by atoms with Gasteiger partial charge in [0, 0.05) is 12.0 Å². The topological polar surface area (TPSA) is 97.5 Å². The Balaban J connectivity index is 2.14. The largest absolute Gasteiger partial charge is 0.370 e. The Labute approximate surface area is 105 Å². The fourth-order valence-electron chi connectivity index (χ4n) is 1.79. The molecule has 1 aromatic carbocycles. The second-order valence-electron chi connectivity index (χ2n) is 4.27. The Hall–Kier alpha value is -2.24. The quantitative estimate of drug-likeness (QED) is 0.827. The molecule has 0 fully saturated rings. The van der Waals surface area contributed by atoms with E-state index in [9.17, 15) is 4.79 Å². The molecule has 2 rings (SSSR count). The van der Waals surface area contributed by atoms with E-state index in [4.69, 9.17) is 5.73 Å². The molecule has 6 nitrogen and oxygen atoms in total. The van der Waals surface area contributed by atoms with E-state index in [0.717, 1.165) is 17.5 Å². The second-order valence-corrected chi connectivity index (χ2v) is 4.27. The summed E-state index contributed by atoms with van der Waals surface area (Å²) in [4.78, 5) is 10.8. The molecule has 0 aliphatic rings. The van der Waals surface area contributed by atoms with Gasteiger partial charge in [-0.1, -0.05) is 25.1 Å². The van der Waals surface area contributed by atoms with Crippen LogP contribution in [0.1, 0.15) is 31.2 Å². The van der Waals surface area contributed by atoms with Gasteiger partial charge in [-0.15, -0.1) is 10.2 Å². The minimum atomic E-state index is -0.267. The summed E-state index contributed by atoms with van der Waals surface area (Å²) in [6.45, 7) is 2.07. The third kappa shape index (κ3) is 2.91. The number of nitrogens with one attached hydrogen (secondary N) is 1. The fourth-order valence-corrected chi connectivity index (χ4v) is 1.79. The Morgan fingerprint density at radius 1 is 1.50 bits per heavy atom. The standard InChI is InChI=1S/C12H15N5O/c1-8(5-6-11(13)18)9-3-2-4-10(7-9)12-14-16-17-15-12/h2-4,7-8H,5-6H2,1H3,(H2,13,18)(H,14,15,16,17)/t8-/m0/s1. The molecule has 0 saturated carbocycles. The number of primary amides is 1. The average Bonchev–Trinajstić information content (AvgIpc) is 2.90. The maximum atomic E-state index is 10.8. The molecule has 0 radical (unpaired) electrons. The number of carbonyl (C=O) groups excluding carboxylic acids is 1. The van der Waals surface area contributed by atoms with Gasteiger partial charge in [-0.05, 0) is 29.2 Å². The number of benzene rings is 1. The number of nitrogens with zero attached hydrogens (tertiary/aromatic N) is 3. The normalized spacial score (nSPS) is 12.3. The maximum absolute atomic E-state index is 10.8. The summed E-state index contributed by atoms with van der Waals surface area (Å²) >= 11 is 0. The van der Waals surface area contributed by atoms with Crippen LogP contribution in [-0.2, 0) is 4.79 Å². The monoisotopic (exact) mass is 245 g/mol. The van der Waals surface area contributed by atoms with Crippen LogP contribution in [0.5, 0.6) is 0 Å². The lowest BCUT2D eigenvalue weighted by Crippen LogP contribution is -2.11. The lowest BCUT2D eigenvalue weighted by molar-refractivity contribution is -0.118. The molecule has 6 heteroatoms. The van der Waals surface area contributed by atoms with Crippen LogP contribution in [0.2, 0.25) is 0 Å². The Bertz CT molecular complexity index is 523. The van der Waals surface area contributed by atoms with Crippen molar-refractivity contribution in [3.63, 3.8) is 0 Å². The Morgan fingerprint density at radius 2 is 2.33 bits per heavy atom. The van der Waals surface area contributed by atoms with Gasteiger partial charge < -0.3 is 5.73 Å². The first-order valence-corrected chi connectivity index (χ1v) is 5.79. The summed E-state index contributed by atoms with van der Waals surface area (Å²) in [6, 6.07) is 7.91. The predicted molar refractivity (Wildman–Crippen MR) is 66.5 cm³/mol. The lowest BCUT2D eigenvalue weighted by atomic mass is 9.94. The first-order valence-electron chi connectivity index (χ1n) is 5.79. The van der Waals surface area contributed by atoms with Gasteiger partial charge in [0.1, 0.15) is 0 Å². The molecule has 1 amide bonds. The van der Waals surface area contributed by atoms with Crippen molar-refractivity contribution < 1.29 is 4.79 Å². The molecule has 0 saturated heterocycles. The average molecular weight is 245 g/mol. The fraction of sp³-hybridized carbons (Fsp3) is 0.333. The van der Waals surface area contributed by atoms with Crippen LogP contribution >= 0.6 is 0 Å². The van der Waals surface area contributed by atoms with Gasteiger partial charge in [0.15, 0.2) is 0 Å². The molecule has 0 bridgehead atoms. The number of hydrogen-bond acceptors (Lipinski definition) is 4. The van der Waals surface area contributed by atoms with Crippen molar-refractivity contribution >= 4 is 5.91 Å². The van der Waals surface area contributed by atoms with E-state index >= 15 is 0 Å². The first-order chi connectivity index (χ1) is 8.66. The minimum Gasteiger partial charge on any atom is -0.370 e. The van der Waals surface area contributed by atoms with Gasteiger partial charge in [-0.3, -0.25) is 4.79 Å². The molecule has 3 N–H and O–H groups in total. The third-order valence-corrected chi connectivity index (χ3v) is 2.88. The van der Waals surface area contributed by atoms with Crippen molar-refractivity contribution in [3.05, 3.63) is 29.8 Å². The van der Waals surface area contributed by atoms with Gasteiger partial charge in [-0.2, -0.15) is 5.21 Å². The highest BCUT2D eigenvalue weighted by atomic mass is 16.1. The van der Waals surface area contributed by atoms with Crippen LogP contribution in [0.3, 0.4) is 0 Å². The van der Waals surface area contributed by atoms with Crippen molar-refractivity contribution in [1.82, 2.24) is 20.6 Å². The summed E-state index contributed by atoms with van der Waals surface area (Å²) < 4.78 is 0. The number of aromatic nitrogens is 4. The smallest absolute Gasteiger partial charge is 0.217 e. The molecule has 18 heavy (non-hydrogen) atoms. The number of rotatable bonds is 5. The Kier molecular flexibility index (Phi) is 3.66. The molecule has 94 valence electrons. The molecule has 0 aliphatic heterocycles. The summed E-state index contributed by atoms with van der Waals surface area (Å²) in [5, 5.41) is 13.8. The van der Waals surface area contributed by atoms with Gasteiger partial charge in [0.25, 0.3) is 0 Å². The third-order valence-electron chi connectivity index (χ3n) is 2.88. The molecule has 0 aliphatic carbocycles. The zero-order valence-electron chi connectivity index (χ0n) is 10.1. The maximum Gasteiger partial charge on any atom is 0.217 e. The van der Waals surface area contributed by atoms with E-state index in [-0.39, 0.29) is 11.8 Å². The number of H-pyrrole nitrogens is 1. The van der Waals surface area contributed by atoms with Crippen molar-refractivity contribution in [2.24, 2.45) is 5.73 Å². The summed E-state index contributed by atoms with van der Waals surface area (Å²) in [5.41, 5.74) is 7.20. The highest BCUT2D eigenvalue weighted by Gasteiger charge is 2.09. The number of tetrazole rings is 1. The number of aromatic amines is 1. The van der Waals surface area contributed by atoms with E-state index in [1.807, 2.05) is 24.3 Å². The van der Waals surface area contributed by atoms with Gasteiger partial charge in [0.05, 0.1) is 0 Å². The molecule has 0 unspecified atom stereocenters. The highest BCUT2D eigenvalue weighted by molar-refractivity contribution is 5.73. The van der Waals surface area contributed by atoms with E-state index in [1.165, 1.54) is 0 Å². The molecular weight excluding hydrogens is 230 g/mol. The van der Waals surface area contributed by atoms with Crippen molar-refractivity contribution in [1.29, 1.82) is 0 Å². The van der Waals surface area contributed by atoms with Crippen LogP contribution in [0.15, 0.2) is 24.3 Å². The molecular formula is C12H15N5O. The van der Waals surface area contributed by atoms with Crippen LogP contribution in [-0.4, -0.2) is 26.5 Å². The number of amides is 1. The number of nitrogens with two attached hydrogens (primary N) is 1. The van der Waals surface area contributed by atoms with E-state index < -0.39 is 0 Å². The lowest BCUT2D eigenvalue weighted by Gasteiger charge is -2.11. The first kappa shape index (κ1) is 12.2. The zero-order chi connectivity index (χ0) is 13.0. The minimum absolute atomic E-state index is 0.267. The van der Waals surface area contributed by atoms with Crippen molar-refractivity contribution in [2.45, 2.75) is 25.7 Å². The second kappa shape index (κ2) is 5.39. The SMILES string of the molecule is C[C@@H](CCC(N)=O)c1cccc(-c2nn[nH]n2)c1. The van der Waals surface area contributed by atoms with Crippen LogP contribution in [0.25, 0.3) is 11.4 Å². The van der Waals surface area contributed by atoms with Crippen LogP contribution < -0.4 is 5.73 Å².